The number of anilines is 2. The Labute approximate surface area is 140 Å². The number of carbonyl (C=O) groups excluding carboxylic acids is 1. The van der Waals surface area contributed by atoms with Crippen molar-refractivity contribution >= 4 is 17.5 Å². The number of nitrogens with zero attached hydrogens (tertiary/aromatic N) is 3. The summed E-state index contributed by atoms with van der Waals surface area (Å²) in [6.07, 6.45) is 5.10. The molecule has 0 unspecified atom stereocenters. The van der Waals surface area contributed by atoms with E-state index in [1.165, 1.54) is 12.4 Å². The topological polar surface area (TPSA) is 76.6 Å². The minimum atomic E-state index is -0.0712. The van der Waals surface area contributed by atoms with Crippen LogP contribution in [-0.4, -0.2) is 41.2 Å². The second-order valence-corrected chi connectivity index (χ2v) is 5.57. The minimum absolute atomic E-state index is 0.0712. The zero-order valence-electron chi connectivity index (χ0n) is 13.8. The maximum atomic E-state index is 12.2. The van der Waals surface area contributed by atoms with Gasteiger partial charge in [-0.15, -0.1) is 0 Å². The van der Waals surface area contributed by atoms with Crippen LogP contribution >= 0.6 is 0 Å². The molecule has 2 aromatic rings. The zero-order chi connectivity index (χ0) is 16.9. The van der Waals surface area contributed by atoms with Crippen LogP contribution in [0.5, 0.6) is 11.5 Å². The molecule has 126 valence electrons. The highest BCUT2D eigenvalue weighted by molar-refractivity contribution is 5.93. The smallest absolute Gasteiger partial charge is 0.256 e. The first-order valence-electron chi connectivity index (χ1n) is 7.91. The quantitative estimate of drug-likeness (QED) is 0.879. The molecule has 1 aromatic heterocycles. The summed E-state index contributed by atoms with van der Waals surface area (Å²) in [6.45, 7) is 3.06. The Kier molecular flexibility index (Phi) is 4.79. The van der Waals surface area contributed by atoms with Crippen LogP contribution in [0, 0.1) is 0 Å². The summed E-state index contributed by atoms with van der Waals surface area (Å²) in [4.78, 5) is 22.3. The zero-order valence-corrected chi connectivity index (χ0v) is 13.8. The van der Waals surface area contributed by atoms with E-state index < -0.39 is 0 Å². The summed E-state index contributed by atoms with van der Waals surface area (Å²) >= 11 is 0. The highest BCUT2D eigenvalue weighted by Crippen LogP contribution is 2.34. The van der Waals surface area contributed by atoms with Crippen molar-refractivity contribution in [2.45, 2.75) is 19.8 Å². The molecule has 1 N–H and O–H groups in total. The van der Waals surface area contributed by atoms with Gasteiger partial charge in [0.15, 0.2) is 11.5 Å². The van der Waals surface area contributed by atoms with E-state index in [4.69, 9.17) is 9.47 Å². The number of aromatic nitrogens is 2. The van der Waals surface area contributed by atoms with Gasteiger partial charge in [0.2, 0.25) is 12.7 Å². The third kappa shape index (κ3) is 3.56. The van der Waals surface area contributed by atoms with Gasteiger partial charge in [-0.1, -0.05) is 13.3 Å². The van der Waals surface area contributed by atoms with E-state index in [0.29, 0.717) is 17.3 Å². The first-order chi connectivity index (χ1) is 11.7. The maximum Gasteiger partial charge on any atom is 0.256 e. The molecule has 7 heteroatoms. The van der Waals surface area contributed by atoms with Gasteiger partial charge in [-0.2, -0.15) is 0 Å². The lowest BCUT2D eigenvalue weighted by atomic mass is 10.2. The van der Waals surface area contributed by atoms with Crippen molar-refractivity contribution in [2.24, 2.45) is 0 Å². The van der Waals surface area contributed by atoms with Crippen LogP contribution in [0.1, 0.15) is 30.1 Å². The maximum absolute atomic E-state index is 12.2. The van der Waals surface area contributed by atoms with E-state index in [2.05, 4.69) is 22.2 Å². The van der Waals surface area contributed by atoms with Gasteiger partial charge < -0.3 is 19.7 Å². The van der Waals surface area contributed by atoms with Crippen molar-refractivity contribution in [1.82, 2.24) is 14.9 Å². The van der Waals surface area contributed by atoms with Crippen molar-refractivity contribution in [3.05, 3.63) is 36.2 Å². The molecule has 7 nitrogen and oxygen atoms in total. The average molecular weight is 328 g/mol. The normalized spacial score (nSPS) is 12.1. The van der Waals surface area contributed by atoms with Gasteiger partial charge in [-0.05, 0) is 18.6 Å². The Morgan fingerprint density at radius 3 is 2.75 bits per heavy atom. The summed E-state index contributed by atoms with van der Waals surface area (Å²) in [7, 11) is 1.79. The van der Waals surface area contributed by atoms with Crippen molar-refractivity contribution < 1.29 is 14.3 Å². The highest BCUT2D eigenvalue weighted by atomic mass is 16.7. The Morgan fingerprint density at radius 1 is 1.25 bits per heavy atom. The molecule has 3 rings (SSSR count). The number of hydrogen-bond donors (Lipinski definition) is 1. The van der Waals surface area contributed by atoms with Gasteiger partial charge >= 0.3 is 0 Å². The largest absolute Gasteiger partial charge is 0.454 e. The van der Waals surface area contributed by atoms with Crippen LogP contribution in [0.2, 0.25) is 0 Å². The number of nitrogens with one attached hydrogen (secondary N) is 1. The van der Waals surface area contributed by atoms with Crippen molar-refractivity contribution in [1.29, 1.82) is 0 Å². The molecule has 0 atom stereocenters. The summed E-state index contributed by atoms with van der Waals surface area (Å²) in [5.74, 6) is 1.75. The van der Waals surface area contributed by atoms with E-state index in [9.17, 15) is 4.79 Å². The Morgan fingerprint density at radius 2 is 2.00 bits per heavy atom. The molecule has 0 saturated carbocycles. The van der Waals surface area contributed by atoms with Gasteiger partial charge in [0.1, 0.15) is 0 Å². The number of amides is 1. The predicted molar refractivity (Wildman–Crippen MR) is 89.7 cm³/mol. The van der Waals surface area contributed by atoms with Crippen LogP contribution in [0.25, 0.3) is 0 Å². The molecule has 0 radical (unpaired) electrons. The average Bonchev–Trinajstić information content (AvgIpc) is 3.07. The van der Waals surface area contributed by atoms with Crippen molar-refractivity contribution in [3.63, 3.8) is 0 Å². The molecule has 1 aliphatic heterocycles. The molecule has 1 aliphatic rings. The summed E-state index contributed by atoms with van der Waals surface area (Å²) < 4.78 is 10.6. The van der Waals surface area contributed by atoms with Crippen LogP contribution in [0.15, 0.2) is 30.6 Å². The molecule has 1 aromatic carbocycles. The van der Waals surface area contributed by atoms with Gasteiger partial charge in [0.05, 0.1) is 5.56 Å². The molecular weight excluding hydrogens is 308 g/mol. The van der Waals surface area contributed by atoms with E-state index in [-0.39, 0.29) is 12.7 Å². The lowest BCUT2D eigenvalue weighted by molar-refractivity contribution is 0.0792. The van der Waals surface area contributed by atoms with Gasteiger partial charge in [0.25, 0.3) is 5.91 Å². The fraction of sp³-hybridized carbons (Fsp3) is 0.353. The summed E-state index contributed by atoms with van der Waals surface area (Å²) in [6, 6.07) is 5.50. The summed E-state index contributed by atoms with van der Waals surface area (Å²) in [5.41, 5.74) is 1.27. The van der Waals surface area contributed by atoms with E-state index >= 15 is 0 Å². The first kappa shape index (κ1) is 16.0. The molecule has 0 aliphatic carbocycles. The standard InChI is InChI=1S/C17H20N4O3/c1-3-4-7-21(2)16(22)12-9-18-17(19-10-12)20-13-5-6-14-15(8-13)24-11-23-14/h5-6,8-10H,3-4,7,11H2,1-2H3,(H,18,19,20). The number of ether oxygens (including phenoxy) is 2. The van der Waals surface area contributed by atoms with Gasteiger partial charge in [-0.3, -0.25) is 4.79 Å². The number of fused-ring (bicyclic) bond motifs is 1. The van der Waals surface area contributed by atoms with Crippen molar-refractivity contribution in [3.8, 4) is 11.5 Å². The van der Waals surface area contributed by atoms with E-state index in [1.54, 1.807) is 11.9 Å². The fourth-order valence-electron chi connectivity index (χ4n) is 2.32. The number of unbranched alkanes of at least 4 members (excludes halogenated alkanes) is 1. The Balaban J connectivity index is 1.65. The minimum Gasteiger partial charge on any atom is -0.454 e. The number of hydrogen-bond acceptors (Lipinski definition) is 6. The molecule has 2 heterocycles. The third-order valence-electron chi connectivity index (χ3n) is 3.72. The van der Waals surface area contributed by atoms with E-state index in [1.807, 2.05) is 18.2 Å². The Bertz CT molecular complexity index is 718. The SMILES string of the molecule is CCCCN(C)C(=O)c1cnc(Nc2ccc3c(c2)OCO3)nc1. The summed E-state index contributed by atoms with van der Waals surface area (Å²) in [5, 5.41) is 3.08. The monoisotopic (exact) mass is 328 g/mol. The molecule has 0 spiro atoms. The Hall–Kier alpha value is -2.83. The second kappa shape index (κ2) is 7.16. The van der Waals surface area contributed by atoms with Crippen LogP contribution in [-0.2, 0) is 0 Å². The number of benzene rings is 1. The van der Waals surface area contributed by atoms with Crippen molar-refractivity contribution in [2.75, 3.05) is 25.7 Å². The third-order valence-corrected chi connectivity index (χ3v) is 3.72. The van der Waals surface area contributed by atoms with E-state index in [0.717, 1.165) is 30.8 Å². The molecule has 0 saturated heterocycles. The lowest BCUT2D eigenvalue weighted by Gasteiger charge is -2.16. The lowest BCUT2D eigenvalue weighted by Crippen LogP contribution is -2.27. The molecular formula is C17H20N4O3. The van der Waals surface area contributed by atoms with Crippen LogP contribution in [0.3, 0.4) is 0 Å². The van der Waals surface area contributed by atoms with Gasteiger partial charge in [0, 0.05) is 37.7 Å². The molecule has 0 fully saturated rings. The van der Waals surface area contributed by atoms with Crippen LogP contribution in [0.4, 0.5) is 11.6 Å². The predicted octanol–water partition coefficient (Wildman–Crippen LogP) is 2.82. The highest BCUT2D eigenvalue weighted by Gasteiger charge is 2.14. The van der Waals surface area contributed by atoms with Crippen LogP contribution < -0.4 is 14.8 Å². The van der Waals surface area contributed by atoms with Gasteiger partial charge in [-0.25, -0.2) is 9.97 Å². The number of rotatable bonds is 6. The molecule has 1 amide bonds. The fourth-order valence-corrected chi connectivity index (χ4v) is 2.32. The second-order valence-electron chi connectivity index (χ2n) is 5.57. The molecule has 24 heavy (non-hydrogen) atoms. The molecule has 0 bridgehead atoms. The first-order valence-corrected chi connectivity index (χ1v) is 7.91. The number of carbonyl (C=O) groups is 1.